The number of rotatable bonds is 4. The molecular formula is C18H21ClN2O5. The minimum atomic E-state index is -0.423. The van der Waals surface area contributed by atoms with Crippen LogP contribution in [0.2, 0.25) is 5.02 Å². The van der Waals surface area contributed by atoms with Crippen molar-refractivity contribution in [2.24, 2.45) is 0 Å². The van der Waals surface area contributed by atoms with E-state index in [1.807, 2.05) is 25.1 Å². The van der Waals surface area contributed by atoms with Crippen LogP contribution in [0.5, 0.6) is 0 Å². The number of carbonyl (C=O) groups excluding carboxylic acids is 2. The molecule has 0 unspecified atom stereocenters. The minimum Gasteiger partial charge on any atom is -0.447 e. The van der Waals surface area contributed by atoms with Crippen LogP contribution in [0.15, 0.2) is 18.2 Å². The first kappa shape index (κ1) is 17.4. The number of halogens is 1. The third kappa shape index (κ3) is 3.46. The Morgan fingerprint density at radius 2 is 2.15 bits per heavy atom. The molecule has 0 aromatic heterocycles. The number of alkyl carbamates (subject to hydrolysis) is 1. The van der Waals surface area contributed by atoms with E-state index in [-0.39, 0.29) is 18.3 Å². The minimum absolute atomic E-state index is 0.106. The summed E-state index contributed by atoms with van der Waals surface area (Å²) in [6.45, 7) is 3.66. The number of aryl methyl sites for hydroxylation is 1. The molecule has 7 nitrogen and oxygen atoms in total. The summed E-state index contributed by atoms with van der Waals surface area (Å²) in [5.41, 5.74) is 1.70. The molecule has 3 aliphatic rings. The van der Waals surface area contributed by atoms with Crippen LogP contribution in [0.4, 0.5) is 9.59 Å². The predicted molar refractivity (Wildman–Crippen MR) is 93.1 cm³/mol. The third-order valence-corrected chi connectivity index (χ3v) is 5.54. The maximum Gasteiger partial charge on any atom is 0.410 e. The highest BCUT2D eigenvalue weighted by Gasteiger charge is 2.52. The number of carbonyl (C=O) groups is 2. The van der Waals surface area contributed by atoms with Crippen molar-refractivity contribution in [1.29, 1.82) is 0 Å². The molecule has 1 saturated carbocycles. The second-order valence-electron chi connectivity index (χ2n) is 7.33. The van der Waals surface area contributed by atoms with E-state index in [0.717, 1.165) is 16.1 Å². The molecule has 1 N–H and O–H groups in total. The number of benzene rings is 1. The fourth-order valence-corrected chi connectivity index (χ4v) is 3.57. The molecule has 1 aliphatic carbocycles. The topological polar surface area (TPSA) is 77.1 Å². The van der Waals surface area contributed by atoms with E-state index in [0.29, 0.717) is 39.1 Å². The maximum atomic E-state index is 12.1. The third-order valence-electron chi connectivity index (χ3n) is 5.12. The highest BCUT2D eigenvalue weighted by molar-refractivity contribution is 6.31. The van der Waals surface area contributed by atoms with Gasteiger partial charge in [0.25, 0.3) is 0 Å². The summed E-state index contributed by atoms with van der Waals surface area (Å²) in [7, 11) is 0. The fourth-order valence-electron chi connectivity index (χ4n) is 3.45. The van der Waals surface area contributed by atoms with Crippen LogP contribution in [0.25, 0.3) is 0 Å². The number of nitrogens with one attached hydrogen (secondary N) is 1. The summed E-state index contributed by atoms with van der Waals surface area (Å²) in [5.74, 6) is 0. The zero-order chi connectivity index (χ0) is 18.3. The Morgan fingerprint density at radius 3 is 2.81 bits per heavy atom. The Bertz CT molecular complexity index is 728. The molecule has 3 fully saturated rings. The van der Waals surface area contributed by atoms with Gasteiger partial charge in [0.1, 0.15) is 18.2 Å². The van der Waals surface area contributed by atoms with Crippen LogP contribution in [-0.4, -0.2) is 54.5 Å². The van der Waals surface area contributed by atoms with Gasteiger partial charge in [-0.3, -0.25) is 0 Å². The van der Waals surface area contributed by atoms with Gasteiger partial charge in [-0.05, 0) is 24.1 Å². The molecular weight excluding hydrogens is 360 g/mol. The van der Waals surface area contributed by atoms with Crippen LogP contribution in [-0.2, 0) is 20.8 Å². The van der Waals surface area contributed by atoms with E-state index in [9.17, 15) is 9.59 Å². The fraction of sp³-hybridized carbons (Fsp3) is 0.556. The largest absolute Gasteiger partial charge is 0.447 e. The van der Waals surface area contributed by atoms with Crippen molar-refractivity contribution < 1.29 is 23.8 Å². The number of nitrogens with zero attached hydrogens (tertiary/aromatic N) is 1. The molecule has 0 bridgehead atoms. The molecule has 8 heteroatoms. The Morgan fingerprint density at radius 1 is 1.38 bits per heavy atom. The quantitative estimate of drug-likeness (QED) is 0.868. The van der Waals surface area contributed by atoms with E-state index in [4.69, 9.17) is 25.8 Å². The number of likely N-dealkylation sites (tertiary alicyclic amines) is 1. The molecule has 0 atom stereocenters. The van der Waals surface area contributed by atoms with E-state index in [1.165, 1.54) is 0 Å². The van der Waals surface area contributed by atoms with Crippen molar-refractivity contribution in [3.8, 4) is 0 Å². The lowest BCUT2D eigenvalue weighted by molar-refractivity contribution is -0.0928. The van der Waals surface area contributed by atoms with E-state index < -0.39 is 11.6 Å². The molecule has 26 heavy (non-hydrogen) atoms. The molecule has 2 aliphatic heterocycles. The Hall–Kier alpha value is -1.99. The summed E-state index contributed by atoms with van der Waals surface area (Å²) in [4.78, 5) is 24.8. The standard InChI is InChI=1S/C18H21ClN2O5/c1-11-4-12(2-3-15(11)19)7-24-13-5-14(6-13)26-17(23)21-8-18(9-21)10-25-16(22)20-18/h2-4,13-14H,5-10H2,1H3,(H,20,22)/t13-,14+. The normalized spacial score (nSPS) is 25.9. The molecule has 2 saturated heterocycles. The average molecular weight is 381 g/mol. The zero-order valence-electron chi connectivity index (χ0n) is 14.5. The second-order valence-corrected chi connectivity index (χ2v) is 7.74. The van der Waals surface area contributed by atoms with Gasteiger partial charge < -0.3 is 24.4 Å². The summed E-state index contributed by atoms with van der Waals surface area (Å²) >= 11 is 6.02. The Kier molecular flexibility index (Phi) is 4.44. The summed E-state index contributed by atoms with van der Waals surface area (Å²) in [5, 5.41) is 3.49. The molecule has 0 radical (unpaired) electrons. The lowest BCUT2D eigenvalue weighted by atomic mass is 9.91. The van der Waals surface area contributed by atoms with Crippen LogP contribution < -0.4 is 5.32 Å². The van der Waals surface area contributed by atoms with Crippen molar-refractivity contribution in [2.75, 3.05) is 19.7 Å². The molecule has 1 spiro atoms. The van der Waals surface area contributed by atoms with Crippen molar-refractivity contribution in [3.05, 3.63) is 34.3 Å². The lowest BCUT2D eigenvalue weighted by Crippen LogP contribution is -2.70. The van der Waals surface area contributed by atoms with Crippen LogP contribution in [0.1, 0.15) is 24.0 Å². The molecule has 1 aromatic rings. The predicted octanol–water partition coefficient (Wildman–Crippen LogP) is 2.63. The first-order valence-electron chi connectivity index (χ1n) is 8.70. The lowest BCUT2D eigenvalue weighted by Gasteiger charge is -2.46. The first-order valence-corrected chi connectivity index (χ1v) is 9.07. The van der Waals surface area contributed by atoms with E-state index >= 15 is 0 Å². The molecule has 2 amide bonds. The van der Waals surface area contributed by atoms with Gasteiger partial charge in [0.15, 0.2) is 0 Å². The van der Waals surface area contributed by atoms with Gasteiger partial charge in [0.05, 0.1) is 25.8 Å². The number of cyclic esters (lactones) is 1. The summed E-state index contributed by atoms with van der Waals surface area (Å²) in [6.07, 6.45) is 0.648. The molecule has 140 valence electrons. The highest BCUT2D eigenvalue weighted by atomic mass is 35.5. The van der Waals surface area contributed by atoms with Gasteiger partial charge in [-0.25, -0.2) is 9.59 Å². The Balaban J connectivity index is 1.15. The second kappa shape index (κ2) is 6.63. The van der Waals surface area contributed by atoms with E-state index in [2.05, 4.69) is 5.32 Å². The van der Waals surface area contributed by atoms with Gasteiger partial charge in [-0.1, -0.05) is 23.7 Å². The van der Waals surface area contributed by atoms with E-state index in [1.54, 1.807) is 4.90 Å². The first-order chi connectivity index (χ1) is 12.4. The van der Waals surface area contributed by atoms with Crippen LogP contribution >= 0.6 is 11.6 Å². The number of amides is 2. The SMILES string of the molecule is Cc1cc(CO[C@H]2C[C@@H](OC(=O)N3CC4(COC(=O)N4)C3)C2)ccc1Cl. The molecule has 4 rings (SSSR count). The van der Waals surface area contributed by atoms with Crippen molar-refractivity contribution >= 4 is 23.8 Å². The zero-order valence-corrected chi connectivity index (χ0v) is 15.3. The number of hydrogen-bond donors (Lipinski definition) is 1. The van der Waals surface area contributed by atoms with Gasteiger partial charge in [0.2, 0.25) is 0 Å². The van der Waals surface area contributed by atoms with Gasteiger partial charge in [-0.15, -0.1) is 0 Å². The monoisotopic (exact) mass is 380 g/mol. The van der Waals surface area contributed by atoms with Crippen molar-refractivity contribution in [2.45, 2.75) is 44.1 Å². The van der Waals surface area contributed by atoms with Crippen LogP contribution in [0.3, 0.4) is 0 Å². The number of ether oxygens (including phenoxy) is 3. The maximum absolute atomic E-state index is 12.1. The summed E-state index contributed by atoms with van der Waals surface area (Å²) in [6, 6.07) is 5.85. The van der Waals surface area contributed by atoms with Crippen molar-refractivity contribution in [3.63, 3.8) is 0 Å². The van der Waals surface area contributed by atoms with Crippen LogP contribution in [0, 0.1) is 6.92 Å². The molecule has 2 heterocycles. The smallest absolute Gasteiger partial charge is 0.410 e. The average Bonchev–Trinajstić information content (AvgIpc) is 2.93. The highest BCUT2D eigenvalue weighted by Crippen LogP contribution is 2.31. The molecule has 1 aromatic carbocycles. The number of hydrogen-bond acceptors (Lipinski definition) is 5. The Labute approximate surface area is 156 Å². The van der Waals surface area contributed by atoms with Gasteiger partial charge in [-0.2, -0.15) is 0 Å². The van der Waals surface area contributed by atoms with Gasteiger partial charge >= 0.3 is 12.2 Å². The van der Waals surface area contributed by atoms with Crippen molar-refractivity contribution in [1.82, 2.24) is 10.2 Å². The van der Waals surface area contributed by atoms with Gasteiger partial charge in [0, 0.05) is 17.9 Å². The summed E-state index contributed by atoms with van der Waals surface area (Å²) < 4.78 is 16.2.